The first-order chi connectivity index (χ1) is 15.0. The van der Waals surface area contributed by atoms with E-state index in [1.165, 1.54) is 0 Å². The molecule has 2 aliphatic heterocycles. The van der Waals surface area contributed by atoms with Crippen LogP contribution in [0.15, 0.2) is 29.2 Å². The van der Waals surface area contributed by atoms with Gasteiger partial charge in [-0.2, -0.15) is 17.5 Å². The van der Waals surface area contributed by atoms with Gasteiger partial charge >= 0.3 is 6.18 Å². The highest BCUT2D eigenvalue weighted by atomic mass is 32.2. The molecule has 3 rings (SSSR count). The molecule has 0 spiro atoms. The SMILES string of the molecule is NC(=O)CN1CCC(NC(=O)C2CCN(S(=O)(=O)c3cccc(C(F)(F)F)c3)CC2)CC1. The van der Waals surface area contributed by atoms with E-state index in [-0.39, 0.29) is 43.4 Å². The van der Waals surface area contributed by atoms with Crippen LogP contribution in [-0.2, 0) is 25.8 Å². The first-order valence-corrected chi connectivity index (χ1v) is 11.9. The molecule has 8 nitrogen and oxygen atoms in total. The van der Waals surface area contributed by atoms with Crippen molar-refractivity contribution < 1.29 is 31.2 Å². The summed E-state index contributed by atoms with van der Waals surface area (Å²) in [5, 5.41) is 3.00. The minimum atomic E-state index is -4.63. The summed E-state index contributed by atoms with van der Waals surface area (Å²) in [7, 11) is -4.08. The molecule has 2 heterocycles. The molecule has 0 saturated carbocycles. The van der Waals surface area contributed by atoms with Crippen molar-refractivity contribution in [1.29, 1.82) is 0 Å². The smallest absolute Gasteiger partial charge is 0.369 e. The summed E-state index contributed by atoms with van der Waals surface area (Å²) in [6, 6.07) is 3.67. The van der Waals surface area contributed by atoms with E-state index >= 15 is 0 Å². The highest BCUT2D eigenvalue weighted by molar-refractivity contribution is 7.89. The first-order valence-electron chi connectivity index (χ1n) is 10.5. The van der Waals surface area contributed by atoms with Crippen molar-refractivity contribution in [1.82, 2.24) is 14.5 Å². The number of hydrogen-bond donors (Lipinski definition) is 2. The van der Waals surface area contributed by atoms with Crippen molar-refractivity contribution in [2.75, 3.05) is 32.7 Å². The maximum Gasteiger partial charge on any atom is 0.416 e. The molecular formula is C20H27F3N4O4S. The number of nitrogens with one attached hydrogen (secondary N) is 1. The Morgan fingerprint density at radius 1 is 1.06 bits per heavy atom. The summed E-state index contributed by atoms with van der Waals surface area (Å²) in [4.78, 5) is 25.1. The fraction of sp³-hybridized carbons (Fsp3) is 0.600. The average molecular weight is 477 g/mol. The molecule has 2 saturated heterocycles. The lowest BCUT2D eigenvalue weighted by molar-refractivity contribution is -0.137. The van der Waals surface area contributed by atoms with E-state index in [9.17, 15) is 31.2 Å². The fourth-order valence-electron chi connectivity index (χ4n) is 4.12. The maximum absolute atomic E-state index is 12.9. The molecule has 1 aromatic rings. The van der Waals surface area contributed by atoms with Gasteiger partial charge in [-0.15, -0.1) is 0 Å². The Balaban J connectivity index is 1.52. The number of nitrogens with zero attached hydrogens (tertiary/aromatic N) is 2. The minimum Gasteiger partial charge on any atom is -0.369 e. The van der Waals surface area contributed by atoms with Gasteiger partial charge < -0.3 is 11.1 Å². The van der Waals surface area contributed by atoms with Gasteiger partial charge in [0.1, 0.15) is 0 Å². The van der Waals surface area contributed by atoms with Crippen molar-refractivity contribution in [3.63, 3.8) is 0 Å². The van der Waals surface area contributed by atoms with Crippen LogP contribution in [0.25, 0.3) is 0 Å². The molecule has 2 fully saturated rings. The molecule has 0 radical (unpaired) electrons. The number of primary amides is 1. The second-order valence-electron chi connectivity index (χ2n) is 8.23. The van der Waals surface area contributed by atoms with Gasteiger partial charge in [-0.25, -0.2) is 8.42 Å². The molecule has 0 atom stereocenters. The zero-order valence-corrected chi connectivity index (χ0v) is 18.3. The average Bonchev–Trinajstić information content (AvgIpc) is 2.74. The van der Waals surface area contributed by atoms with Gasteiger partial charge in [0.25, 0.3) is 0 Å². The second-order valence-corrected chi connectivity index (χ2v) is 10.2. The normalized spacial score (nSPS) is 20.2. The molecule has 0 aromatic heterocycles. The maximum atomic E-state index is 12.9. The van der Waals surface area contributed by atoms with Crippen LogP contribution < -0.4 is 11.1 Å². The number of hydrogen-bond acceptors (Lipinski definition) is 5. The summed E-state index contributed by atoms with van der Waals surface area (Å²) in [5.74, 6) is -0.889. The molecule has 12 heteroatoms. The van der Waals surface area contributed by atoms with Gasteiger partial charge in [-0.3, -0.25) is 14.5 Å². The van der Waals surface area contributed by atoms with E-state index in [0.29, 0.717) is 44.8 Å². The van der Waals surface area contributed by atoms with E-state index in [1.54, 1.807) is 0 Å². The standard InChI is InChI=1S/C20H27F3N4O4S/c21-20(22,23)15-2-1-3-17(12-15)32(30,31)27-10-4-14(5-11-27)19(29)25-16-6-8-26(9-7-16)13-18(24)28/h1-3,12,14,16H,4-11,13H2,(H2,24,28)(H,25,29). The summed E-state index contributed by atoms with van der Waals surface area (Å²) in [6.45, 7) is 1.63. The Kier molecular flexibility index (Phi) is 7.46. The van der Waals surface area contributed by atoms with Crippen LogP contribution in [0.1, 0.15) is 31.2 Å². The molecule has 178 valence electrons. The molecule has 0 bridgehead atoms. The molecule has 0 unspecified atom stereocenters. The number of halogens is 3. The van der Waals surface area contributed by atoms with Gasteiger partial charge in [-0.1, -0.05) is 6.07 Å². The highest BCUT2D eigenvalue weighted by Crippen LogP contribution is 2.32. The lowest BCUT2D eigenvalue weighted by Crippen LogP contribution is -2.49. The number of rotatable bonds is 6. The Morgan fingerprint density at radius 3 is 2.25 bits per heavy atom. The van der Waals surface area contributed by atoms with Crippen LogP contribution in [0.2, 0.25) is 0 Å². The van der Waals surface area contributed by atoms with E-state index in [4.69, 9.17) is 5.73 Å². The van der Waals surface area contributed by atoms with Crippen molar-refractivity contribution in [3.05, 3.63) is 29.8 Å². The van der Waals surface area contributed by atoms with Crippen LogP contribution in [0.5, 0.6) is 0 Å². The Bertz CT molecular complexity index is 938. The molecule has 3 N–H and O–H groups in total. The van der Waals surface area contributed by atoms with Crippen molar-refractivity contribution in [2.45, 2.75) is 42.8 Å². The zero-order chi connectivity index (χ0) is 23.5. The molecule has 2 aliphatic rings. The van der Waals surface area contributed by atoms with Crippen molar-refractivity contribution in [2.24, 2.45) is 11.7 Å². The molecule has 32 heavy (non-hydrogen) atoms. The largest absolute Gasteiger partial charge is 0.416 e. The van der Waals surface area contributed by atoms with Gasteiger partial charge in [-0.05, 0) is 43.9 Å². The van der Waals surface area contributed by atoms with E-state index in [1.807, 2.05) is 4.90 Å². The number of likely N-dealkylation sites (tertiary alicyclic amines) is 1. The second kappa shape index (κ2) is 9.75. The lowest BCUT2D eigenvalue weighted by Gasteiger charge is -2.34. The van der Waals surface area contributed by atoms with Crippen molar-refractivity contribution >= 4 is 21.8 Å². The number of carbonyl (C=O) groups excluding carboxylic acids is 2. The predicted molar refractivity (Wildman–Crippen MR) is 110 cm³/mol. The van der Waals surface area contributed by atoms with Gasteiger partial charge in [0, 0.05) is 38.1 Å². The summed E-state index contributed by atoms with van der Waals surface area (Å²) in [6.07, 6.45) is -2.65. The van der Waals surface area contributed by atoms with E-state index in [0.717, 1.165) is 22.5 Å². The van der Waals surface area contributed by atoms with Crippen molar-refractivity contribution in [3.8, 4) is 0 Å². The van der Waals surface area contributed by atoms with Crippen LogP contribution in [0.3, 0.4) is 0 Å². The fourth-order valence-corrected chi connectivity index (χ4v) is 5.63. The Morgan fingerprint density at radius 2 is 1.69 bits per heavy atom. The summed E-state index contributed by atoms with van der Waals surface area (Å²) < 4.78 is 65.5. The topological polar surface area (TPSA) is 113 Å². The molecule has 1 aromatic carbocycles. The molecule has 2 amide bonds. The number of amides is 2. The number of nitrogens with two attached hydrogens (primary N) is 1. The summed E-state index contributed by atoms with van der Waals surface area (Å²) >= 11 is 0. The molecule has 0 aliphatic carbocycles. The van der Waals surface area contributed by atoms with E-state index < -0.39 is 26.7 Å². The Hall–Kier alpha value is -2.18. The monoisotopic (exact) mass is 476 g/mol. The van der Waals surface area contributed by atoms with Gasteiger partial charge in [0.2, 0.25) is 21.8 Å². The third-order valence-electron chi connectivity index (χ3n) is 5.94. The third kappa shape index (κ3) is 5.99. The highest BCUT2D eigenvalue weighted by Gasteiger charge is 2.35. The third-order valence-corrected chi connectivity index (χ3v) is 7.83. The quantitative estimate of drug-likeness (QED) is 0.640. The predicted octanol–water partition coefficient (Wildman–Crippen LogP) is 1.17. The van der Waals surface area contributed by atoms with Crippen LogP contribution in [-0.4, -0.2) is 68.2 Å². The minimum absolute atomic E-state index is 0.0153. The lowest BCUT2D eigenvalue weighted by atomic mass is 9.96. The summed E-state index contributed by atoms with van der Waals surface area (Å²) in [5.41, 5.74) is 4.18. The van der Waals surface area contributed by atoms with E-state index in [2.05, 4.69) is 5.32 Å². The number of benzene rings is 1. The van der Waals surface area contributed by atoms with Crippen LogP contribution >= 0.6 is 0 Å². The van der Waals surface area contributed by atoms with Gasteiger partial charge in [0.05, 0.1) is 17.0 Å². The zero-order valence-electron chi connectivity index (χ0n) is 17.5. The number of sulfonamides is 1. The van der Waals surface area contributed by atoms with Gasteiger partial charge in [0.15, 0.2) is 0 Å². The number of piperidine rings is 2. The Labute approximate surface area is 185 Å². The number of alkyl halides is 3. The first kappa shape index (κ1) is 24.5. The van der Waals surface area contributed by atoms with Crippen LogP contribution in [0.4, 0.5) is 13.2 Å². The number of carbonyl (C=O) groups is 2. The van der Waals surface area contributed by atoms with Crippen LogP contribution in [0, 0.1) is 5.92 Å². The molecular weight excluding hydrogens is 449 g/mol.